The first-order valence-electron chi connectivity index (χ1n) is 10.9. The van der Waals surface area contributed by atoms with Crippen LogP contribution in [0.4, 0.5) is 11.4 Å². The highest BCUT2D eigenvalue weighted by Gasteiger charge is 2.60. The summed E-state index contributed by atoms with van der Waals surface area (Å²) in [4.78, 5) is 34.7. The van der Waals surface area contributed by atoms with Crippen molar-refractivity contribution in [2.24, 2.45) is 5.92 Å². The molecule has 2 fully saturated rings. The first-order chi connectivity index (χ1) is 16.5. The molecule has 7 heteroatoms. The summed E-state index contributed by atoms with van der Waals surface area (Å²) >= 11 is 12.2. The molecule has 3 atom stereocenters. The molecule has 0 aromatic heterocycles. The van der Waals surface area contributed by atoms with Crippen LogP contribution in [0, 0.1) is 5.92 Å². The number of fused-ring (bicyclic) bond motifs is 2. The van der Waals surface area contributed by atoms with E-state index in [1.165, 1.54) is 6.07 Å². The Morgan fingerprint density at radius 3 is 2.24 bits per heavy atom. The van der Waals surface area contributed by atoms with Crippen molar-refractivity contribution in [2.75, 3.05) is 9.96 Å². The van der Waals surface area contributed by atoms with Gasteiger partial charge in [0, 0.05) is 0 Å². The fraction of sp³-hybridized carbons (Fsp3) is 0.111. The number of hydrogen-bond acceptors (Lipinski definition) is 4. The van der Waals surface area contributed by atoms with Crippen LogP contribution in [0.3, 0.4) is 0 Å². The quantitative estimate of drug-likeness (QED) is 0.322. The zero-order valence-electron chi connectivity index (χ0n) is 17.8. The van der Waals surface area contributed by atoms with Crippen molar-refractivity contribution >= 4 is 57.2 Å². The lowest BCUT2D eigenvalue weighted by molar-refractivity contribution is -0.126. The van der Waals surface area contributed by atoms with E-state index in [-0.39, 0.29) is 10.9 Å². The molecule has 2 heterocycles. The second-order valence-electron chi connectivity index (χ2n) is 8.34. The molecule has 0 bridgehead atoms. The van der Waals surface area contributed by atoms with Crippen LogP contribution in [0.5, 0.6) is 0 Å². The van der Waals surface area contributed by atoms with Gasteiger partial charge in [0.2, 0.25) is 5.91 Å². The van der Waals surface area contributed by atoms with Crippen molar-refractivity contribution in [3.63, 3.8) is 0 Å². The van der Waals surface area contributed by atoms with Crippen molar-refractivity contribution < 1.29 is 14.4 Å². The Morgan fingerprint density at radius 2 is 1.44 bits per heavy atom. The van der Waals surface area contributed by atoms with Crippen LogP contribution in [-0.4, -0.2) is 17.9 Å². The molecule has 0 radical (unpaired) electrons. The third-order valence-electron chi connectivity index (χ3n) is 6.43. The van der Waals surface area contributed by atoms with Gasteiger partial charge in [-0.05, 0) is 46.7 Å². The summed E-state index contributed by atoms with van der Waals surface area (Å²) in [5.74, 6) is -1.48. The molecule has 2 amide bonds. The van der Waals surface area contributed by atoms with E-state index in [1.54, 1.807) is 17.2 Å². The number of amides is 2. The Bertz CT molecular complexity index is 1440. The Labute approximate surface area is 206 Å². The van der Waals surface area contributed by atoms with E-state index >= 15 is 0 Å². The lowest BCUT2D eigenvalue weighted by Crippen LogP contribution is -2.37. The van der Waals surface area contributed by atoms with Gasteiger partial charge in [0.25, 0.3) is 5.91 Å². The van der Waals surface area contributed by atoms with Gasteiger partial charge in [-0.3, -0.25) is 14.4 Å². The van der Waals surface area contributed by atoms with Crippen LogP contribution in [0.25, 0.3) is 10.8 Å². The SMILES string of the molecule is O=C1[C@@H]2[C@H](ON(c3ccccc3)[C@H]2c2cccc3ccccc23)C(=O)N1c1ccc(Cl)c(Cl)c1. The Balaban J connectivity index is 1.50. The van der Waals surface area contributed by atoms with Gasteiger partial charge in [-0.15, -0.1) is 0 Å². The summed E-state index contributed by atoms with van der Waals surface area (Å²) in [6.45, 7) is 0. The molecule has 5 nitrogen and oxygen atoms in total. The fourth-order valence-corrected chi connectivity index (χ4v) is 5.21. The minimum absolute atomic E-state index is 0.272. The topological polar surface area (TPSA) is 49.9 Å². The summed E-state index contributed by atoms with van der Waals surface area (Å²) < 4.78 is 0. The summed E-state index contributed by atoms with van der Waals surface area (Å²) in [6.07, 6.45) is -0.953. The zero-order chi connectivity index (χ0) is 23.4. The molecule has 0 aliphatic carbocycles. The van der Waals surface area contributed by atoms with Crippen molar-refractivity contribution in [1.29, 1.82) is 0 Å². The van der Waals surface area contributed by atoms with Gasteiger partial charge in [0.15, 0.2) is 6.10 Å². The molecule has 4 aromatic carbocycles. The summed E-state index contributed by atoms with van der Waals surface area (Å²) in [5.41, 5.74) is 2.08. The number of rotatable bonds is 3. The predicted octanol–water partition coefficient (Wildman–Crippen LogP) is 6.20. The van der Waals surface area contributed by atoms with Gasteiger partial charge in [0.05, 0.1) is 27.5 Å². The van der Waals surface area contributed by atoms with Crippen LogP contribution in [0.15, 0.2) is 91.0 Å². The molecular weight excluding hydrogens is 471 g/mol. The second kappa shape index (κ2) is 8.13. The minimum atomic E-state index is -0.953. The number of benzene rings is 4. The summed E-state index contributed by atoms with van der Waals surface area (Å²) in [5, 5.41) is 4.39. The molecule has 0 spiro atoms. The highest BCUT2D eigenvalue weighted by Crippen LogP contribution is 2.49. The van der Waals surface area contributed by atoms with E-state index in [9.17, 15) is 9.59 Å². The number of imide groups is 1. The predicted molar refractivity (Wildman–Crippen MR) is 133 cm³/mol. The first kappa shape index (κ1) is 21.2. The highest BCUT2D eigenvalue weighted by atomic mass is 35.5. The highest BCUT2D eigenvalue weighted by molar-refractivity contribution is 6.42. The first-order valence-corrected chi connectivity index (χ1v) is 11.6. The average molecular weight is 489 g/mol. The number of anilines is 2. The summed E-state index contributed by atoms with van der Waals surface area (Å²) in [6, 6.07) is 27.7. The normalized spacial score (nSPS) is 22.0. The number of para-hydroxylation sites is 1. The van der Waals surface area contributed by atoms with E-state index in [1.807, 2.05) is 72.8 Å². The van der Waals surface area contributed by atoms with Crippen LogP contribution < -0.4 is 9.96 Å². The molecule has 0 saturated carbocycles. The van der Waals surface area contributed by atoms with Gasteiger partial charge < -0.3 is 0 Å². The van der Waals surface area contributed by atoms with Gasteiger partial charge in [0.1, 0.15) is 5.92 Å². The van der Waals surface area contributed by atoms with Crippen molar-refractivity contribution in [3.05, 3.63) is 107 Å². The second-order valence-corrected chi connectivity index (χ2v) is 9.15. The van der Waals surface area contributed by atoms with Gasteiger partial charge >= 0.3 is 0 Å². The molecule has 6 rings (SSSR count). The van der Waals surface area contributed by atoms with Crippen LogP contribution in [0.2, 0.25) is 10.0 Å². The van der Waals surface area contributed by atoms with E-state index in [0.717, 1.165) is 26.9 Å². The van der Waals surface area contributed by atoms with Gasteiger partial charge in [-0.2, -0.15) is 0 Å². The minimum Gasteiger partial charge on any atom is -0.273 e. The lowest BCUT2D eigenvalue weighted by Gasteiger charge is -2.29. The van der Waals surface area contributed by atoms with E-state index < -0.39 is 24.0 Å². The van der Waals surface area contributed by atoms with Gasteiger partial charge in [-0.25, -0.2) is 9.96 Å². The number of halogens is 2. The van der Waals surface area contributed by atoms with Gasteiger partial charge in [-0.1, -0.05) is 83.9 Å². The molecule has 4 aromatic rings. The molecule has 2 saturated heterocycles. The molecule has 0 N–H and O–H groups in total. The number of nitrogens with zero attached hydrogens (tertiary/aromatic N) is 2. The molecule has 2 aliphatic rings. The summed E-state index contributed by atoms with van der Waals surface area (Å²) in [7, 11) is 0. The molecule has 168 valence electrons. The van der Waals surface area contributed by atoms with Crippen molar-refractivity contribution in [1.82, 2.24) is 0 Å². The third-order valence-corrected chi connectivity index (χ3v) is 7.17. The molecule has 34 heavy (non-hydrogen) atoms. The number of carbonyl (C=O) groups excluding carboxylic acids is 2. The maximum absolute atomic E-state index is 13.8. The molecular formula is C27H18Cl2N2O3. The fourth-order valence-electron chi connectivity index (χ4n) is 4.92. The maximum Gasteiger partial charge on any atom is 0.266 e. The Kier molecular flexibility index (Phi) is 5.06. The largest absolute Gasteiger partial charge is 0.273 e. The average Bonchev–Trinajstić information content (AvgIpc) is 3.37. The number of carbonyl (C=O) groups is 2. The number of hydroxylamine groups is 1. The van der Waals surface area contributed by atoms with Crippen molar-refractivity contribution in [3.8, 4) is 0 Å². The monoisotopic (exact) mass is 488 g/mol. The van der Waals surface area contributed by atoms with Crippen molar-refractivity contribution in [2.45, 2.75) is 12.1 Å². The molecule has 2 aliphatic heterocycles. The van der Waals surface area contributed by atoms with E-state index in [0.29, 0.717) is 10.7 Å². The number of hydrogen-bond donors (Lipinski definition) is 0. The van der Waals surface area contributed by atoms with Crippen LogP contribution in [-0.2, 0) is 14.4 Å². The smallest absolute Gasteiger partial charge is 0.266 e. The van der Waals surface area contributed by atoms with E-state index in [2.05, 4.69) is 0 Å². The van der Waals surface area contributed by atoms with Crippen LogP contribution in [0.1, 0.15) is 11.6 Å². The third kappa shape index (κ3) is 3.20. The molecule has 0 unspecified atom stereocenters. The van der Waals surface area contributed by atoms with Crippen LogP contribution >= 0.6 is 23.2 Å². The maximum atomic E-state index is 13.8. The van der Waals surface area contributed by atoms with E-state index in [4.69, 9.17) is 28.0 Å². The Morgan fingerprint density at radius 1 is 0.706 bits per heavy atom. The zero-order valence-corrected chi connectivity index (χ0v) is 19.3. The standard InChI is InChI=1S/C27H18Cl2N2O3/c28-21-14-13-18(15-22(21)29)30-26(32)23-24(20-12-6-8-16-7-4-5-11-19(16)20)31(34-25(23)27(30)33)17-9-2-1-3-10-17/h1-15,23-25H/t23-,24-,25-/m0/s1. The lowest BCUT2D eigenvalue weighted by atomic mass is 9.87. The Hall–Kier alpha value is -3.38.